The van der Waals surface area contributed by atoms with Crippen LogP contribution in [0.3, 0.4) is 0 Å². The summed E-state index contributed by atoms with van der Waals surface area (Å²) in [5.41, 5.74) is 1.62. The minimum atomic E-state index is 0.407. The molecule has 4 heteroatoms. The Balaban J connectivity index is 2.85. The topological polar surface area (TPSA) is 44.1 Å². The molecule has 0 saturated heterocycles. The van der Waals surface area contributed by atoms with E-state index in [4.69, 9.17) is 4.74 Å². The van der Waals surface area contributed by atoms with Gasteiger partial charge in [-0.2, -0.15) is 0 Å². The molecule has 2 aromatic rings. The molecule has 2 rings (SSSR count). The molecule has 1 aromatic carbocycles. The number of aromatic nitrogens is 2. The maximum Gasteiger partial charge on any atom is 0.185 e. The standard InChI is InChI=1S/C10H10N2O2/c1-12-9(6-13)11-7-4-3-5-8(14-2)10(7)12/h3-6H,1-2H3. The molecule has 0 fully saturated rings. The lowest BCUT2D eigenvalue weighted by Crippen LogP contribution is -1.96. The molecule has 0 amide bonds. The predicted molar refractivity (Wildman–Crippen MR) is 52.7 cm³/mol. The smallest absolute Gasteiger partial charge is 0.185 e. The van der Waals surface area contributed by atoms with Crippen LogP contribution in [0.25, 0.3) is 11.0 Å². The van der Waals surface area contributed by atoms with E-state index in [0.717, 1.165) is 23.1 Å². The van der Waals surface area contributed by atoms with Crippen LogP contribution in [-0.4, -0.2) is 22.9 Å². The van der Waals surface area contributed by atoms with Gasteiger partial charge in [0.1, 0.15) is 11.3 Å². The van der Waals surface area contributed by atoms with Gasteiger partial charge in [-0.1, -0.05) is 6.07 Å². The number of fused-ring (bicyclic) bond motifs is 1. The Bertz CT molecular complexity index is 488. The van der Waals surface area contributed by atoms with Gasteiger partial charge in [-0.3, -0.25) is 4.79 Å². The Morgan fingerprint density at radius 1 is 1.50 bits per heavy atom. The number of carbonyl (C=O) groups is 1. The van der Waals surface area contributed by atoms with Crippen LogP contribution in [0.1, 0.15) is 10.6 Å². The molecule has 0 aliphatic rings. The zero-order valence-electron chi connectivity index (χ0n) is 8.02. The number of carbonyl (C=O) groups excluding carboxylic acids is 1. The predicted octanol–water partition coefficient (Wildman–Crippen LogP) is 1.39. The fraction of sp³-hybridized carbons (Fsp3) is 0.200. The third-order valence-corrected chi connectivity index (χ3v) is 2.22. The Morgan fingerprint density at radius 2 is 2.29 bits per heavy atom. The van der Waals surface area contributed by atoms with Gasteiger partial charge in [-0.05, 0) is 12.1 Å². The number of para-hydroxylation sites is 1. The number of aldehydes is 1. The summed E-state index contributed by atoms with van der Waals surface area (Å²) in [5, 5.41) is 0. The highest BCUT2D eigenvalue weighted by Crippen LogP contribution is 2.24. The number of methoxy groups -OCH3 is 1. The highest BCUT2D eigenvalue weighted by Gasteiger charge is 2.10. The molecule has 0 aliphatic heterocycles. The van der Waals surface area contributed by atoms with E-state index in [-0.39, 0.29) is 0 Å². The SMILES string of the molecule is COc1cccc2nc(C=O)n(C)c12. The monoisotopic (exact) mass is 190 g/mol. The molecule has 14 heavy (non-hydrogen) atoms. The molecule has 0 radical (unpaired) electrons. The fourth-order valence-corrected chi connectivity index (χ4v) is 1.52. The van der Waals surface area contributed by atoms with Crippen LogP contribution in [0.5, 0.6) is 5.75 Å². The lowest BCUT2D eigenvalue weighted by molar-refractivity contribution is 0.111. The molecule has 0 unspecified atom stereocenters. The van der Waals surface area contributed by atoms with Gasteiger partial charge >= 0.3 is 0 Å². The van der Waals surface area contributed by atoms with Crippen LogP contribution in [0, 0.1) is 0 Å². The zero-order valence-corrected chi connectivity index (χ0v) is 8.02. The van der Waals surface area contributed by atoms with E-state index in [1.807, 2.05) is 18.2 Å². The average Bonchev–Trinajstić information content (AvgIpc) is 2.55. The van der Waals surface area contributed by atoms with Crippen molar-refractivity contribution >= 4 is 17.3 Å². The van der Waals surface area contributed by atoms with Crippen LogP contribution in [0.15, 0.2) is 18.2 Å². The Hall–Kier alpha value is -1.84. The van der Waals surface area contributed by atoms with Gasteiger partial charge in [-0.15, -0.1) is 0 Å². The third-order valence-electron chi connectivity index (χ3n) is 2.22. The summed E-state index contributed by atoms with van der Waals surface area (Å²) in [4.78, 5) is 14.8. The van der Waals surface area contributed by atoms with Crippen LogP contribution >= 0.6 is 0 Å². The maximum atomic E-state index is 10.7. The molecule has 0 N–H and O–H groups in total. The van der Waals surface area contributed by atoms with Gasteiger partial charge in [0.05, 0.1) is 12.6 Å². The van der Waals surface area contributed by atoms with Crippen molar-refractivity contribution in [3.8, 4) is 5.75 Å². The zero-order chi connectivity index (χ0) is 10.1. The van der Waals surface area contributed by atoms with E-state index in [1.165, 1.54) is 0 Å². The molecule has 0 spiro atoms. The normalized spacial score (nSPS) is 10.4. The summed E-state index contributed by atoms with van der Waals surface area (Å²) in [7, 11) is 3.39. The first kappa shape index (κ1) is 8.74. The molecule has 1 heterocycles. The van der Waals surface area contributed by atoms with Crippen molar-refractivity contribution in [2.75, 3.05) is 7.11 Å². The molecule has 72 valence electrons. The van der Waals surface area contributed by atoms with E-state index in [0.29, 0.717) is 5.82 Å². The van der Waals surface area contributed by atoms with Crippen LogP contribution in [0.4, 0.5) is 0 Å². The van der Waals surface area contributed by atoms with Crippen molar-refractivity contribution in [1.29, 1.82) is 0 Å². The van der Waals surface area contributed by atoms with Crippen molar-refractivity contribution in [1.82, 2.24) is 9.55 Å². The van der Waals surface area contributed by atoms with E-state index >= 15 is 0 Å². The van der Waals surface area contributed by atoms with Gasteiger partial charge < -0.3 is 9.30 Å². The Labute approximate surface area is 81.1 Å². The van der Waals surface area contributed by atoms with Gasteiger partial charge in [0, 0.05) is 7.05 Å². The maximum absolute atomic E-state index is 10.7. The summed E-state index contributed by atoms with van der Waals surface area (Å²) in [5.74, 6) is 1.13. The van der Waals surface area contributed by atoms with Crippen molar-refractivity contribution in [3.05, 3.63) is 24.0 Å². The van der Waals surface area contributed by atoms with Crippen molar-refractivity contribution < 1.29 is 9.53 Å². The summed E-state index contributed by atoms with van der Waals surface area (Å²) >= 11 is 0. The number of hydrogen-bond acceptors (Lipinski definition) is 3. The number of imidazole rings is 1. The van der Waals surface area contributed by atoms with Gasteiger partial charge in [0.2, 0.25) is 0 Å². The number of hydrogen-bond donors (Lipinski definition) is 0. The molecule has 1 aromatic heterocycles. The fourth-order valence-electron chi connectivity index (χ4n) is 1.52. The van der Waals surface area contributed by atoms with Gasteiger partial charge in [-0.25, -0.2) is 4.98 Å². The number of benzene rings is 1. The highest BCUT2D eigenvalue weighted by atomic mass is 16.5. The van der Waals surface area contributed by atoms with Gasteiger partial charge in [0.15, 0.2) is 12.1 Å². The lowest BCUT2D eigenvalue weighted by atomic mass is 10.3. The number of aryl methyl sites for hydroxylation is 1. The molecule has 0 aliphatic carbocycles. The molecular formula is C10H10N2O2. The largest absolute Gasteiger partial charge is 0.494 e. The lowest BCUT2D eigenvalue weighted by Gasteiger charge is -2.02. The van der Waals surface area contributed by atoms with Gasteiger partial charge in [0.25, 0.3) is 0 Å². The molecule has 0 atom stereocenters. The summed E-state index contributed by atoms with van der Waals surface area (Å²) in [6.07, 6.45) is 0.736. The summed E-state index contributed by atoms with van der Waals surface area (Å²) in [6, 6.07) is 5.55. The van der Waals surface area contributed by atoms with Crippen molar-refractivity contribution in [3.63, 3.8) is 0 Å². The molecular weight excluding hydrogens is 180 g/mol. The van der Waals surface area contributed by atoms with E-state index in [2.05, 4.69) is 4.98 Å². The van der Waals surface area contributed by atoms with Crippen molar-refractivity contribution in [2.24, 2.45) is 7.05 Å². The second kappa shape index (κ2) is 3.14. The molecule has 4 nitrogen and oxygen atoms in total. The van der Waals surface area contributed by atoms with Crippen LogP contribution in [-0.2, 0) is 7.05 Å². The molecule has 0 saturated carbocycles. The summed E-state index contributed by atoms with van der Waals surface area (Å²) in [6.45, 7) is 0. The minimum Gasteiger partial charge on any atom is -0.494 e. The first-order valence-electron chi connectivity index (χ1n) is 4.22. The summed E-state index contributed by atoms with van der Waals surface area (Å²) < 4.78 is 6.91. The number of rotatable bonds is 2. The second-order valence-corrected chi connectivity index (χ2v) is 2.97. The quantitative estimate of drug-likeness (QED) is 0.672. The third kappa shape index (κ3) is 1.08. The number of ether oxygens (including phenoxy) is 1. The van der Waals surface area contributed by atoms with E-state index in [1.54, 1.807) is 18.7 Å². The van der Waals surface area contributed by atoms with Crippen molar-refractivity contribution in [2.45, 2.75) is 0 Å². The van der Waals surface area contributed by atoms with Crippen LogP contribution in [0.2, 0.25) is 0 Å². The second-order valence-electron chi connectivity index (χ2n) is 2.97. The first-order chi connectivity index (χ1) is 6.77. The minimum absolute atomic E-state index is 0.407. The van der Waals surface area contributed by atoms with Crippen LogP contribution < -0.4 is 4.74 Å². The Morgan fingerprint density at radius 3 is 2.93 bits per heavy atom. The Kier molecular flexibility index (Phi) is 1.96. The highest BCUT2D eigenvalue weighted by molar-refractivity contribution is 5.87. The first-order valence-corrected chi connectivity index (χ1v) is 4.22. The number of nitrogens with zero attached hydrogens (tertiary/aromatic N) is 2. The molecule has 0 bridgehead atoms. The van der Waals surface area contributed by atoms with E-state index in [9.17, 15) is 4.79 Å². The van der Waals surface area contributed by atoms with E-state index < -0.39 is 0 Å². The average molecular weight is 190 g/mol.